The summed E-state index contributed by atoms with van der Waals surface area (Å²) in [7, 11) is 1.43. The quantitative estimate of drug-likeness (QED) is 0.935. The van der Waals surface area contributed by atoms with Gasteiger partial charge in [0.1, 0.15) is 11.6 Å². The van der Waals surface area contributed by atoms with Crippen molar-refractivity contribution in [3.63, 3.8) is 0 Å². The van der Waals surface area contributed by atoms with Crippen molar-refractivity contribution in [2.45, 2.75) is 6.92 Å². The Morgan fingerprint density at radius 3 is 2.74 bits per heavy atom. The van der Waals surface area contributed by atoms with Crippen LogP contribution in [0.2, 0.25) is 0 Å². The van der Waals surface area contributed by atoms with Crippen molar-refractivity contribution in [1.82, 2.24) is 5.16 Å². The number of methoxy groups -OCH3 is 1. The Morgan fingerprint density at radius 2 is 2.21 bits per heavy atom. The third kappa shape index (κ3) is 2.33. The van der Waals surface area contributed by atoms with E-state index in [1.165, 1.54) is 19.2 Å². The Labute approximate surface area is 116 Å². The summed E-state index contributed by atoms with van der Waals surface area (Å²) in [6, 6.07) is 2.49. The number of carboxylic acids is 1. The maximum Gasteiger partial charge on any atom is 0.358 e. The monoisotopic (exact) mass is 329 g/mol. The van der Waals surface area contributed by atoms with Crippen molar-refractivity contribution in [2.24, 2.45) is 0 Å². The van der Waals surface area contributed by atoms with Crippen LogP contribution in [0, 0.1) is 12.7 Å². The second-order valence-corrected chi connectivity index (χ2v) is 4.61. The summed E-state index contributed by atoms with van der Waals surface area (Å²) in [6.07, 6.45) is 0. The molecular formula is C12H9BrFNO4. The van der Waals surface area contributed by atoms with Gasteiger partial charge in [0.25, 0.3) is 0 Å². The smallest absolute Gasteiger partial charge is 0.358 e. The Morgan fingerprint density at radius 1 is 1.53 bits per heavy atom. The number of halogens is 2. The topological polar surface area (TPSA) is 72.6 Å². The van der Waals surface area contributed by atoms with E-state index in [-0.39, 0.29) is 17.0 Å². The lowest BCUT2D eigenvalue weighted by Crippen LogP contribution is -1.96. The highest BCUT2D eigenvalue weighted by atomic mass is 79.9. The van der Waals surface area contributed by atoms with E-state index in [0.29, 0.717) is 15.8 Å². The third-order valence-electron chi connectivity index (χ3n) is 2.61. The van der Waals surface area contributed by atoms with Crippen LogP contribution in [0.3, 0.4) is 0 Å². The largest absolute Gasteiger partial charge is 0.495 e. The third-order valence-corrected chi connectivity index (χ3v) is 3.20. The Bertz CT molecular complexity index is 653. The zero-order valence-corrected chi connectivity index (χ0v) is 11.6. The molecule has 2 aromatic rings. The van der Waals surface area contributed by atoms with Crippen LogP contribution in [0.15, 0.2) is 21.1 Å². The minimum absolute atomic E-state index is 0.131. The summed E-state index contributed by atoms with van der Waals surface area (Å²) in [6.45, 7) is 1.54. The van der Waals surface area contributed by atoms with Gasteiger partial charge in [0.05, 0.1) is 17.1 Å². The van der Waals surface area contributed by atoms with E-state index in [4.69, 9.17) is 14.4 Å². The van der Waals surface area contributed by atoms with Crippen LogP contribution in [-0.4, -0.2) is 23.3 Å². The normalized spacial score (nSPS) is 10.5. The molecule has 1 aromatic carbocycles. The van der Waals surface area contributed by atoms with Gasteiger partial charge in [-0.25, -0.2) is 9.18 Å². The molecule has 7 heteroatoms. The number of carboxylic acid groups (broad SMARTS) is 1. The number of aromatic nitrogens is 1. The molecule has 1 N–H and O–H groups in total. The first-order chi connectivity index (χ1) is 8.95. The number of rotatable bonds is 3. The molecule has 0 fully saturated rings. The van der Waals surface area contributed by atoms with Gasteiger partial charge in [0.2, 0.25) is 0 Å². The molecule has 0 aliphatic rings. The first kappa shape index (κ1) is 13.5. The molecule has 100 valence electrons. The summed E-state index contributed by atoms with van der Waals surface area (Å²) in [5.74, 6) is -1.20. The lowest BCUT2D eigenvalue weighted by atomic mass is 10.0. The van der Waals surface area contributed by atoms with Gasteiger partial charge in [-0.2, -0.15) is 0 Å². The van der Waals surface area contributed by atoms with E-state index in [1.54, 1.807) is 6.92 Å². The molecule has 1 aromatic heterocycles. The van der Waals surface area contributed by atoms with Crippen LogP contribution >= 0.6 is 15.9 Å². The van der Waals surface area contributed by atoms with Crippen molar-refractivity contribution in [2.75, 3.05) is 7.11 Å². The molecule has 0 bridgehead atoms. The Balaban J connectivity index is 2.69. The molecule has 0 amide bonds. The molecular weight excluding hydrogens is 321 g/mol. The minimum Gasteiger partial charge on any atom is -0.495 e. The van der Waals surface area contributed by atoms with Crippen molar-refractivity contribution in [1.29, 1.82) is 0 Å². The van der Waals surface area contributed by atoms with E-state index in [0.717, 1.165) is 0 Å². The van der Waals surface area contributed by atoms with E-state index < -0.39 is 11.8 Å². The summed E-state index contributed by atoms with van der Waals surface area (Å²) < 4.78 is 24.3. The zero-order chi connectivity index (χ0) is 14.2. The summed E-state index contributed by atoms with van der Waals surface area (Å²) in [4.78, 5) is 10.8. The number of ether oxygens (including phenoxy) is 1. The van der Waals surface area contributed by atoms with Crippen molar-refractivity contribution < 1.29 is 23.6 Å². The van der Waals surface area contributed by atoms with E-state index in [1.807, 2.05) is 0 Å². The maximum absolute atomic E-state index is 13.7. The van der Waals surface area contributed by atoms with Crippen molar-refractivity contribution in [3.8, 4) is 17.1 Å². The van der Waals surface area contributed by atoms with Crippen LogP contribution in [-0.2, 0) is 0 Å². The fraction of sp³-hybridized carbons (Fsp3) is 0.167. The van der Waals surface area contributed by atoms with Crippen LogP contribution in [0.1, 0.15) is 16.1 Å². The van der Waals surface area contributed by atoms with Crippen LogP contribution in [0.25, 0.3) is 11.3 Å². The second kappa shape index (κ2) is 5.00. The molecule has 1 heterocycles. The number of aromatic carboxylic acids is 1. The predicted octanol–water partition coefficient (Wildman–Crippen LogP) is 3.26. The van der Waals surface area contributed by atoms with E-state index in [9.17, 15) is 9.18 Å². The molecule has 0 aliphatic heterocycles. The maximum atomic E-state index is 13.7. The highest BCUT2D eigenvalue weighted by Crippen LogP contribution is 2.40. The molecule has 0 saturated carbocycles. The summed E-state index contributed by atoms with van der Waals surface area (Å²) >= 11 is 3.18. The standard InChI is InChI=1S/C12H9BrFNO4/c1-5-7(14)3-6(13)11(18-2)10(5)9-4-8(12(16)17)15-19-9/h3-4H,1-2H3,(H,16,17). The van der Waals surface area contributed by atoms with Gasteiger partial charge in [-0.05, 0) is 34.5 Å². The van der Waals surface area contributed by atoms with Crippen molar-refractivity contribution >= 4 is 21.9 Å². The highest BCUT2D eigenvalue weighted by molar-refractivity contribution is 9.10. The lowest BCUT2D eigenvalue weighted by Gasteiger charge is -2.11. The number of carbonyl (C=O) groups is 1. The minimum atomic E-state index is -1.22. The first-order valence-electron chi connectivity index (χ1n) is 5.18. The summed E-state index contributed by atoms with van der Waals surface area (Å²) in [5.41, 5.74) is 0.361. The number of hydrogen-bond donors (Lipinski definition) is 1. The van der Waals surface area contributed by atoms with Crippen LogP contribution in [0.4, 0.5) is 4.39 Å². The molecule has 0 atom stereocenters. The number of benzene rings is 1. The van der Waals surface area contributed by atoms with Gasteiger partial charge in [0, 0.05) is 6.07 Å². The van der Waals surface area contributed by atoms with Crippen LogP contribution in [0.5, 0.6) is 5.75 Å². The van der Waals surface area contributed by atoms with Gasteiger partial charge in [-0.1, -0.05) is 5.16 Å². The Kier molecular flexibility index (Phi) is 3.57. The summed E-state index contributed by atoms with van der Waals surface area (Å²) in [5, 5.41) is 12.2. The highest BCUT2D eigenvalue weighted by Gasteiger charge is 2.21. The van der Waals surface area contributed by atoms with Gasteiger partial charge in [-0.15, -0.1) is 0 Å². The molecule has 0 spiro atoms. The zero-order valence-electron chi connectivity index (χ0n) is 10.0. The number of nitrogens with zero attached hydrogens (tertiary/aromatic N) is 1. The fourth-order valence-electron chi connectivity index (χ4n) is 1.68. The molecule has 19 heavy (non-hydrogen) atoms. The molecule has 2 rings (SSSR count). The lowest BCUT2D eigenvalue weighted by molar-refractivity contribution is 0.0686. The predicted molar refractivity (Wildman–Crippen MR) is 67.8 cm³/mol. The van der Waals surface area contributed by atoms with Crippen LogP contribution < -0.4 is 4.74 Å². The average Bonchev–Trinajstić information content (AvgIpc) is 2.82. The Hall–Kier alpha value is -1.89. The molecule has 5 nitrogen and oxygen atoms in total. The molecule has 0 saturated heterocycles. The van der Waals surface area contributed by atoms with E-state index >= 15 is 0 Å². The average molecular weight is 330 g/mol. The van der Waals surface area contributed by atoms with Gasteiger partial charge < -0.3 is 14.4 Å². The van der Waals surface area contributed by atoms with Gasteiger partial charge in [0.15, 0.2) is 11.5 Å². The molecule has 0 unspecified atom stereocenters. The SMILES string of the molecule is COc1c(Br)cc(F)c(C)c1-c1cc(C(=O)O)no1. The van der Waals surface area contributed by atoms with Gasteiger partial charge >= 0.3 is 5.97 Å². The number of hydrogen-bond acceptors (Lipinski definition) is 4. The first-order valence-corrected chi connectivity index (χ1v) is 5.98. The fourth-order valence-corrected chi connectivity index (χ4v) is 2.25. The second-order valence-electron chi connectivity index (χ2n) is 3.76. The molecule has 0 radical (unpaired) electrons. The molecule has 0 aliphatic carbocycles. The van der Waals surface area contributed by atoms with E-state index in [2.05, 4.69) is 21.1 Å². The van der Waals surface area contributed by atoms with Gasteiger partial charge in [-0.3, -0.25) is 0 Å². The van der Waals surface area contributed by atoms with Crippen molar-refractivity contribution in [3.05, 3.63) is 33.7 Å².